The van der Waals surface area contributed by atoms with Crippen LogP contribution in [0.4, 0.5) is 0 Å². The van der Waals surface area contributed by atoms with Gasteiger partial charge in [-0.1, -0.05) is 43.3 Å². The summed E-state index contributed by atoms with van der Waals surface area (Å²) in [5.41, 5.74) is 6.68. The van der Waals surface area contributed by atoms with Gasteiger partial charge in [0, 0.05) is 19.0 Å². The molecule has 3 nitrogen and oxygen atoms in total. The number of nitrogens with one attached hydrogen (secondary N) is 1. The van der Waals surface area contributed by atoms with Gasteiger partial charge in [0.1, 0.15) is 0 Å². The number of nitrogens with two attached hydrogens (primary N) is 1. The summed E-state index contributed by atoms with van der Waals surface area (Å²) in [4.78, 5) is 11.9. The van der Waals surface area contributed by atoms with Crippen LogP contribution in [-0.4, -0.2) is 12.5 Å². The van der Waals surface area contributed by atoms with Crippen molar-refractivity contribution in [2.45, 2.75) is 19.9 Å². The molecule has 3 heteroatoms. The first-order chi connectivity index (χ1) is 9.24. The Kier molecular flexibility index (Phi) is 4.53. The molecule has 3 N–H and O–H groups in total. The maximum Gasteiger partial charge on any atom is 0.224 e. The number of hydrogen-bond donors (Lipinski definition) is 2. The Hall–Kier alpha value is -1.87. The van der Waals surface area contributed by atoms with E-state index < -0.39 is 0 Å². The zero-order chi connectivity index (χ0) is 13.7. The van der Waals surface area contributed by atoms with E-state index in [1.54, 1.807) is 0 Å². The number of benzene rings is 2. The quantitative estimate of drug-likeness (QED) is 0.863. The molecule has 0 heterocycles. The Bertz CT molecular complexity index is 561. The van der Waals surface area contributed by atoms with Crippen molar-refractivity contribution in [3.8, 4) is 0 Å². The largest absolute Gasteiger partial charge is 0.352 e. The number of amides is 1. The van der Waals surface area contributed by atoms with Gasteiger partial charge in [0.15, 0.2) is 0 Å². The highest BCUT2D eigenvalue weighted by Gasteiger charge is 2.13. The van der Waals surface area contributed by atoms with E-state index in [1.165, 1.54) is 10.8 Å². The van der Waals surface area contributed by atoms with Gasteiger partial charge in [0.25, 0.3) is 0 Å². The lowest BCUT2D eigenvalue weighted by Crippen LogP contribution is -2.34. The normalized spacial score (nSPS) is 12.3. The van der Waals surface area contributed by atoms with Crippen LogP contribution in [0.25, 0.3) is 10.8 Å². The van der Waals surface area contributed by atoms with Crippen LogP contribution in [0.15, 0.2) is 42.5 Å². The van der Waals surface area contributed by atoms with Crippen LogP contribution in [-0.2, 0) is 11.3 Å². The van der Waals surface area contributed by atoms with E-state index in [4.69, 9.17) is 5.73 Å². The fourth-order valence-electron chi connectivity index (χ4n) is 2.14. The van der Waals surface area contributed by atoms with Crippen LogP contribution in [0.1, 0.15) is 18.9 Å². The van der Waals surface area contributed by atoms with Crippen LogP contribution >= 0.6 is 0 Å². The minimum Gasteiger partial charge on any atom is -0.352 e. The van der Waals surface area contributed by atoms with Gasteiger partial charge in [0.05, 0.1) is 0 Å². The molecule has 1 unspecified atom stereocenters. The third-order valence-electron chi connectivity index (χ3n) is 3.43. The van der Waals surface area contributed by atoms with Gasteiger partial charge in [0.2, 0.25) is 5.91 Å². The Balaban J connectivity index is 2.03. The third-order valence-corrected chi connectivity index (χ3v) is 3.43. The lowest BCUT2D eigenvalue weighted by molar-refractivity contribution is -0.124. The molecule has 0 aliphatic heterocycles. The van der Waals surface area contributed by atoms with Gasteiger partial charge < -0.3 is 11.1 Å². The van der Waals surface area contributed by atoms with Gasteiger partial charge in [-0.3, -0.25) is 4.79 Å². The van der Waals surface area contributed by atoms with Crippen LogP contribution in [0.3, 0.4) is 0 Å². The molecule has 2 aromatic rings. The highest BCUT2D eigenvalue weighted by Crippen LogP contribution is 2.15. The highest BCUT2D eigenvalue weighted by atomic mass is 16.1. The molecule has 1 atom stereocenters. The molecule has 2 aromatic carbocycles. The van der Waals surface area contributed by atoms with Crippen molar-refractivity contribution in [3.63, 3.8) is 0 Å². The molecular formula is C16H20N2O. The van der Waals surface area contributed by atoms with Crippen molar-refractivity contribution < 1.29 is 4.79 Å². The summed E-state index contributed by atoms with van der Waals surface area (Å²) in [7, 11) is 0. The number of carbonyl (C=O) groups excluding carboxylic acids is 1. The van der Waals surface area contributed by atoms with E-state index in [0.717, 1.165) is 12.0 Å². The van der Waals surface area contributed by atoms with E-state index in [9.17, 15) is 4.79 Å². The summed E-state index contributed by atoms with van der Waals surface area (Å²) in [5, 5.41) is 5.36. The first-order valence-electron chi connectivity index (χ1n) is 6.70. The lowest BCUT2D eigenvalue weighted by atomic mass is 10.1. The second-order valence-corrected chi connectivity index (χ2v) is 4.74. The topological polar surface area (TPSA) is 55.1 Å². The maximum absolute atomic E-state index is 11.9. The second-order valence-electron chi connectivity index (χ2n) is 4.74. The molecule has 0 bridgehead atoms. The van der Waals surface area contributed by atoms with E-state index in [0.29, 0.717) is 13.1 Å². The monoisotopic (exact) mass is 256 g/mol. The lowest BCUT2D eigenvalue weighted by Gasteiger charge is -2.12. The molecular weight excluding hydrogens is 236 g/mol. The zero-order valence-electron chi connectivity index (χ0n) is 11.2. The molecule has 0 saturated heterocycles. The minimum absolute atomic E-state index is 0.0400. The Morgan fingerprint density at radius 1 is 1.21 bits per heavy atom. The third kappa shape index (κ3) is 3.32. The van der Waals surface area contributed by atoms with Gasteiger partial charge in [-0.2, -0.15) is 0 Å². The number of hydrogen-bond acceptors (Lipinski definition) is 2. The van der Waals surface area contributed by atoms with Gasteiger partial charge in [-0.15, -0.1) is 0 Å². The van der Waals surface area contributed by atoms with Crippen molar-refractivity contribution in [1.29, 1.82) is 0 Å². The number of fused-ring (bicyclic) bond motifs is 1. The van der Waals surface area contributed by atoms with Crippen molar-refractivity contribution in [2.75, 3.05) is 6.54 Å². The molecule has 0 aromatic heterocycles. The van der Waals surface area contributed by atoms with Crippen LogP contribution < -0.4 is 11.1 Å². The molecule has 0 radical (unpaired) electrons. The first kappa shape index (κ1) is 13.6. The molecule has 2 rings (SSSR count). The number of rotatable bonds is 5. The maximum atomic E-state index is 11.9. The van der Waals surface area contributed by atoms with Crippen molar-refractivity contribution in [3.05, 3.63) is 48.0 Å². The summed E-state index contributed by atoms with van der Waals surface area (Å²) in [6.45, 7) is 2.94. The molecule has 0 spiro atoms. The molecule has 0 aliphatic rings. The Morgan fingerprint density at radius 2 is 1.95 bits per heavy atom. The highest BCUT2D eigenvalue weighted by molar-refractivity contribution is 5.83. The average Bonchev–Trinajstić information content (AvgIpc) is 2.46. The second kappa shape index (κ2) is 6.34. The average molecular weight is 256 g/mol. The van der Waals surface area contributed by atoms with Gasteiger partial charge >= 0.3 is 0 Å². The fraction of sp³-hybridized carbons (Fsp3) is 0.312. The summed E-state index contributed by atoms with van der Waals surface area (Å²) < 4.78 is 0. The molecule has 100 valence electrons. The van der Waals surface area contributed by atoms with Crippen molar-refractivity contribution >= 4 is 16.7 Å². The van der Waals surface area contributed by atoms with Gasteiger partial charge in [-0.05, 0) is 28.8 Å². The van der Waals surface area contributed by atoms with E-state index in [1.807, 2.05) is 25.1 Å². The first-order valence-corrected chi connectivity index (χ1v) is 6.70. The van der Waals surface area contributed by atoms with Crippen LogP contribution in [0.2, 0.25) is 0 Å². The fourth-order valence-corrected chi connectivity index (χ4v) is 2.14. The van der Waals surface area contributed by atoms with Crippen molar-refractivity contribution in [2.24, 2.45) is 11.7 Å². The van der Waals surface area contributed by atoms with E-state index >= 15 is 0 Å². The minimum atomic E-state index is -0.0829. The Labute approximate surface area is 113 Å². The predicted octanol–water partition coefficient (Wildman–Crippen LogP) is 2.44. The van der Waals surface area contributed by atoms with E-state index in [-0.39, 0.29) is 11.8 Å². The summed E-state index contributed by atoms with van der Waals surface area (Å²) >= 11 is 0. The standard InChI is InChI=1S/C16H20N2O/c1-2-13(10-17)16(19)18-11-12-7-8-14-5-3-4-6-15(14)9-12/h3-9,13H,2,10-11,17H2,1H3,(H,18,19). The summed E-state index contributed by atoms with van der Waals surface area (Å²) in [6, 6.07) is 14.4. The molecule has 1 amide bonds. The summed E-state index contributed by atoms with van der Waals surface area (Å²) in [6.07, 6.45) is 0.778. The molecule has 0 fully saturated rings. The zero-order valence-corrected chi connectivity index (χ0v) is 11.2. The number of carbonyl (C=O) groups is 1. The SMILES string of the molecule is CCC(CN)C(=O)NCc1ccc2ccccc2c1. The summed E-state index contributed by atoms with van der Waals surface area (Å²) in [5.74, 6) is -0.0429. The predicted molar refractivity (Wildman–Crippen MR) is 78.6 cm³/mol. The smallest absolute Gasteiger partial charge is 0.224 e. The molecule has 0 saturated carbocycles. The van der Waals surface area contributed by atoms with Gasteiger partial charge in [-0.25, -0.2) is 0 Å². The Morgan fingerprint density at radius 3 is 2.63 bits per heavy atom. The van der Waals surface area contributed by atoms with E-state index in [2.05, 4.69) is 29.6 Å². The van der Waals surface area contributed by atoms with Crippen molar-refractivity contribution in [1.82, 2.24) is 5.32 Å². The molecule has 19 heavy (non-hydrogen) atoms. The molecule has 0 aliphatic carbocycles. The van der Waals surface area contributed by atoms with Crippen LogP contribution in [0.5, 0.6) is 0 Å². The van der Waals surface area contributed by atoms with Crippen LogP contribution in [0, 0.1) is 5.92 Å².